The summed E-state index contributed by atoms with van der Waals surface area (Å²) in [5.41, 5.74) is 3.82. The van der Waals surface area contributed by atoms with Crippen molar-refractivity contribution >= 4 is 16.6 Å². The SMILES string of the molecule is CN(C)C1=NC(c2cccnc2)c2ccc3ccccc3c2C1. The molecule has 1 unspecified atom stereocenters. The third-order valence-corrected chi connectivity index (χ3v) is 4.50. The molecule has 0 N–H and O–H groups in total. The highest BCUT2D eigenvalue weighted by Crippen LogP contribution is 2.36. The van der Waals surface area contributed by atoms with Gasteiger partial charge in [0.15, 0.2) is 0 Å². The number of likely N-dealkylation sites (N-methyl/N-ethyl adjacent to an activating group) is 1. The van der Waals surface area contributed by atoms with Crippen molar-refractivity contribution in [2.24, 2.45) is 4.99 Å². The molecule has 0 amide bonds. The summed E-state index contributed by atoms with van der Waals surface area (Å²) in [4.78, 5) is 11.4. The van der Waals surface area contributed by atoms with Crippen LogP contribution in [0.15, 0.2) is 65.9 Å². The third-order valence-electron chi connectivity index (χ3n) is 4.50. The van der Waals surface area contributed by atoms with E-state index in [4.69, 9.17) is 4.99 Å². The van der Waals surface area contributed by atoms with Crippen molar-refractivity contribution in [1.29, 1.82) is 0 Å². The van der Waals surface area contributed by atoms with E-state index in [2.05, 4.69) is 66.4 Å². The van der Waals surface area contributed by atoms with Gasteiger partial charge in [0.05, 0.1) is 0 Å². The molecule has 0 aliphatic carbocycles. The summed E-state index contributed by atoms with van der Waals surface area (Å²) in [6, 6.07) is 17.1. The Kier molecular flexibility index (Phi) is 3.34. The first-order valence-electron chi connectivity index (χ1n) is 7.88. The molecule has 2 aromatic carbocycles. The highest BCUT2D eigenvalue weighted by molar-refractivity contribution is 5.95. The maximum Gasteiger partial charge on any atom is 0.104 e. The van der Waals surface area contributed by atoms with Gasteiger partial charge in [0, 0.05) is 32.9 Å². The molecule has 0 saturated heterocycles. The van der Waals surface area contributed by atoms with Crippen molar-refractivity contribution in [2.45, 2.75) is 12.5 Å². The summed E-state index contributed by atoms with van der Waals surface area (Å²) in [5.74, 6) is 1.11. The number of amidine groups is 1. The molecule has 1 aliphatic rings. The van der Waals surface area contributed by atoms with E-state index in [9.17, 15) is 0 Å². The quantitative estimate of drug-likeness (QED) is 0.683. The van der Waals surface area contributed by atoms with Crippen LogP contribution in [0.25, 0.3) is 10.8 Å². The summed E-state index contributed by atoms with van der Waals surface area (Å²) in [6.45, 7) is 0. The predicted molar refractivity (Wildman–Crippen MR) is 94.9 cm³/mol. The van der Waals surface area contributed by atoms with Gasteiger partial charge in [-0.05, 0) is 33.5 Å². The molecule has 0 saturated carbocycles. The number of nitrogens with zero attached hydrogens (tertiary/aromatic N) is 3. The first-order chi connectivity index (χ1) is 11.2. The maximum atomic E-state index is 5.00. The molecule has 0 radical (unpaired) electrons. The van der Waals surface area contributed by atoms with Crippen LogP contribution < -0.4 is 0 Å². The van der Waals surface area contributed by atoms with Crippen molar-refractivity contribution in [3.05, 3.63) is 77.6 Å². The Balaban J connectivity index is 1.96. The molecule has 23 heavy (non-hydrogen) atoms. The molecule has 1 atom stereocenters. The zero-order chi connectivity index (χ0) is 15.8. The number of aromatic nitrogens is 1. The molecular weight excluding hydrogens is 282 g/mol. The zero-order valence-electron chi connectivity index (χ0n) is 13.4. The number of hydrogen-bond donors (Lipinski definition) is 0. The predicted octanol–water partition coefficient (Wildman–Crippen LogP) is 3.84. The highest BCUT2D eigenvalue weighted by Gasteiger charge is 2.25. The second kappa shape index (κ2) is 5.51. The Morgan fingerprint density at radius 3 is 2.65 bits per heavy atom. The Hall–Kier alpha value is -2.68. The van der Waals surface area contributed by atoms with Crippen molar-refractivity contribution in [3.8, 4) is 0 Å². The number of pyridine rings is 1. The van der Waals surface area contributed by atoms with Crippen molar-refractivity contribution in [1.82, 2.24) is 9.88 Å². The smallest absolute Gasteiger partial charge is 0.104 e. The topological polar surface area (TPSA) is 28.5 Å². The summed E-state index contributed by atoms with van der Waals surface area (Å²) in [7, 11) is 4.13. The fourth-order valence-corrected chi connectivity index (χ4v) is 3.29. The van der Waals surface area contributed by atoms with Gasteiger partial charge in [-0.15, -0.1) is 0 Å². The van der Waals surface area contributed by atoms with Crippen LogP contribution in [0.1, 0.15) is 22.7 Å². The monoisotopic (exact) mass is 301 g/mol. The van der Waals surface area contributed by atoms with Crippen LogP contribution >= 0.6 is 0 Å². The van der Waals surface area contributed by atoms with Crippen molar-refractivity contribution in [2.75, 3.05) is 14.1 Å². The molecule has 3 heteroatoms. The van der Waals surface area contributed by atoms with Gasteiger partial charge in [-0.3, -0.25) is 9.98 Å². The Bertz CT molecular complexity index is 882. The number of rotatable bonds is 1. The molecular formula is C20H19N3. The minimum Gasteiger partial charge on any atom is -0.366 e. The fourth-order valence-electron chi connectivity index (χ4n) is 3.29. The molecule has 0 bridgehead atoms. The first-order valence-corrected chi connectivity index (χ1v) is 7.88. The first kappa shape index (κ1) is 13.9. The number of fused-ring (bicyclic) bond motifs is 3. The van der Waals surface area contributed by atoms with Gasteiger partial charge in [-0.1, -0.05) is 42.5 Å². The normalized spacial score (nSPS) is 16.8. The van der Waals surface area contributed by atoms with Crippen LogP contribution in [0, 0.1) is 0 Å². The number of aliphatic imine (C=N–C) groups is 1. The maximum absolute atomic E-state index is 5.00. The third kappa shape index (κ3) is 2.38. The molecule has 0 fully saturated rings. The van der Waals surface area contributed by atoms with Crippen LogP contribution in [-0.2, 0) is 6.42 Å². The van der Waals surface area contributed by atoms with Crippen LogP contribution in [0.3, 0.4) is 0 Å². The summed E-state index contributed by atoms with van der Waals surface area (Å²) < 4.78 is 0. The molecule has 0 spiro atoms. The Morgan fingerprint density at radius 1 is 1.00 bits per heavy atom. The highest BCUT2D eigenvalue weighted by atomic mass is 15.1. The van der Waals surface area contributed by atoms with Gasteiger partial charge in [0.2, 0.25) is 0 Å². The van der Waals surface area contributed by atoms with E-state index >= 15 is 0 Å². The van der Waals surface area contributed by atoms with Gasteiger partial charge in [-0.2, -0.15) is 0 Å². The van der Waals surface area contributed by atoms with E-state index in [0.29, 0.717) is 0 Å². The van der Waals surface area contributed by atoms with Gasteiger partial charge in [0.25, 0.3) is 0 Å². The lowest BCUT2D eigenvalue weighted by molar-refractivity contribution is 0.592. The van der Waals surface area contributed by atoms with Gasteiger partial charge in [-0.25, -0.2) is 0 Å². The lowest BCUT2D eigenvalue weighted by Crippen LogP contribution is -2.29. The van der Waals surface area contributed by atoms with Crippen molar-refractivity contribution < 1.29 is 0 Å². The standard InChI is InChI=1S/C20H19N3/c1-23(2)19-12-18-16-8-4-3-6-14(16)9-10-17(18)20(22-19)15-7-5-11-21-13-15/h3-11,13,20H,12H2,1-2H3. The van der Waals surface area contributed by atoms with Crippen LogP contribution in [-0.4, -0.2) is 29.8 Å². The van der Waals surface area contributed by atoms with Crippen LogP contribution in [0.2, 0.25) is 0 Å². The lowest BCUT2D eigenvalue weighted by Gasteiger charge is -2.28. The number of hydrogen-bond acceptors (Lipinski definition) is 3. The molecule has 3 aromatic rings. The molecule has 4 rings (SSSR count). The van der Waals surface area contributed by atoms with Gasteiger partial charge >= 0.3 is 0 Å². The largest absolute Gasteiger partial charge is 0.366 e. The van der Waals surface area contributed by atoms with E-state index in [1.165, 1.54) is 21.9 Å². The molecule has 1 aliphatic heterocycles. The van der Waals surface area contributed by atoms with E-state index in [0.717, 1.165) is 17.8 Å². The summed E-state index contributed by atoms with van der Waals surface area (Å²) >= 11 is 0. The molecule has 3 nitrogen and oxygen atoms in total. The minimum atomic E-state index is 0.0226. The molecule has 114 valence electrons. The van der Waals surface area contributed by atoms with Crippen LogP contribution in [0.5, 0.6) is 0 Å². The molecule has 1 aromatic heterocycles. The number of benzene rings is 2. The van der Waals surface area contributed by atoms with E-state index < -0.39 is 0 Å². The second-order valence-corrected chi connectivity index (χ2v) is 6.16. The minimum absolute atomic E-state index is 0.0226. The van der Waals surface area contributed by atoms with Gasteiger partial charge in [0.1, 0.15) is 11.9 Å². The molecule has 2 heterocycles. The van der Waals surface area contributed by atoms with Crippen LogP contribution in [0.4, 0.5) is 0 Å². The average Bonchev–Trinajstić information content (AvgIpc) is 2.61. The van der Waals surface area contributed by atoms with Gasteiger partial charge < -0.3 is 4.90 Å². The summed E-state index contributed by atoms with van der Waals surface area (Å²) in [5, 5.41) is 2.62. The average molecular weight is 301 g/mol. The van der Waals surface area contributed by atoms with E-state index in [1.807, 2.05) is 18.5 Å². The lowest BCUT2D eigenvalue weighted by atomic mass is 9.87. The Labute approximate surface area is 136 Å². The zero-order valence-corrected chi connectivity index (χ0v) is 13.4. The second-order valence-electron chi connectivity index (χ2n) is 6.16. The summed E-state index contributed by atoms with van der Waals surface area (Å²) in [6.07, 6.45) is 4.61. The van der Waals surface area contributed by atoms with Crippen molar-refractivity contribution in [3.63, 3.8) is 0 Å². The van der Waals surface area contributed by atoms with E-state index in [-0.39, 0.29) is 6.04 Å². The van der Waals surface area contributed by atoms with E-state index in [1.54, 1.807) is 0 Å². The fraction of sp³-hybridized carbons (Fsp3) is 0.200. The Morgan fingerprint density at radius 2 is 1.87 bits per heavy atom.